The maximum Gasteiger partial charge on any atom is 0.133 e. The summed E-state index contributed by atoms with van der Waals surface area (Å²) < 4.78 is 0. The molecule has 80 valence electrons. The summed E-state index contributed by atoms with van der Waals surface area (Å²) in [5.74, 6) is 1.24. The zero-order valence-corrected chi connectivity index (χ0v) is 10.7. The lowest BCUT2D eigenvalue weighted by Gasteiger charge is -2.10. The molecule has 1 aromatic rings. The summed E-state index contributed by atoms with van der Waals surface area (Å²) in [5, 5.41) is 12.0. The maximum atomic E-state index is 8.45. The molecule has 0 saturated carbocycles. The molecule has 0 spiro atoms. The molecule has 0 aliphatic heterocycles. The van der Waals surface area contributed by atoms with Gasteiger partial charge in [-0.3, -0.25) is 0 Å². The molecule has 0 bridgehead atoms. The minimum atomic E-state index is 0.422. The van der Waals surface area contributed by atoms with Crippen LogP contribution in [0.5, 0.6) is 0 Å². The van der Waals surface area contributed by atoms with E-state index < -0.39 is 0 Å². The Kier molecular flexibility index (Phi) is 5.31. The number of thioether (sulfide) groups is 1. The molecule has 0 heterocycles. The van der Waals surface area contributed by atoms with Crippen molar-refractivity contribution >= 4 is 35.0 Å². The van der Waals surface area contributed by atoms with Gasteiger partial charge in [-0.15, -0.1) is 0 Å². The molecule has 4 heteroatoms. The topological polar surface area (TPSA) is 23.8 Å². The largest absolute Gasteiger partial charge is 0.185 e. The Morgan fingerprint density at radius 1 is 1.47 bits per heavy atom. The summed E-state index contributed by atoms with van der Waals surface area (Å²) in [4.78, 5) is 0. The van der Waals surface area contributed by atoms with E-state index in [1.165, 1.54) is 11.8 Å². The highest BCUT2D eigenvalue weighted by molar-refractivity contribution is 8.03. The van der Waals surface area contributed by atoms with E-state index in [0.717, 1.165) is 22.8 Å². The van der Waals surface area contributed by atoms with E-state index >= 15 is 0 Å². The predicted molar refractivity (Wildman–Crippen MR) is 67.4 cm³/mol. The summed E-state index contributed by atoms with van der Waals surface area (Å²) in [5.41, 5.74) is 1.05. The summed E-state index contributed by atoms with van der Waals surface area (Å²) in [6, 6.07) is 5.48. The van der Waals surface area contributed by atoms with E-state index in [0.29, 0.717) is 10.9 Å². The smallest absolute Gasteiger partial charge is 0.133 e. The van der Waals surface area contributed by atoms with E-state index in [-0.39, 0.29) is 0 Å². The van der Waals surface area contributed by atoms with Crippen molar-refractivity contribution in [3.05, 3.63) is 33.8 Å². The lowest BCUT2D eigenvalue weighted by atomic mass is 10.0. The third-order valence-corrected chi connectivity index (χ3v) is 3.48. The quantitative estimate of drug-likeness (QED) is 0.750. The first-order valence-electron chi connectivity index (χ1n) is 4.58. The number of thiocyanates is 1. The van der Waals surface area contributed by atoms with Crippen LogP contribution < -0.4 is 0 Å². The molecule has 15 heavy (non-hydrogen) atoms. The molecule has 1 rings (SSSR count). The van der Waals surface area contributed by atoms with Gasteiger partial charge in [0.1, 0.15) is 5.40 Å². The van der Waals surface area contributed by atoms with E-state index in [2.05, 4.69) is 12.3 Å². The van der Waals surface area contributed by atoms with Crippen LogP contribution in [0.15, 0.2) is 18.2 Å². The Labute approximate surface area is 104 Å². The molecular weight excluding hydrogens is 249 g/mol. The fourth-order valence-electron chi connectivity index (χ4n) is 1.31. The SMILES string of the molecule is CC(CSC#N)Cc1cc(Cl)ccc1Cl. The van der Waals surface area contributed by atoms with Gasteiger partial charge in [-0.25, -0.2) is 0 Å². The number of hydrogen-bond donors (Lipinski definition) is 0. The van der Waals surface area contributed by atoms with Crippen molar-refractivity contribution in [2.45, 2.75) is 13.3 Å². The number of nitriles is 1. The van der Waals surface area contributed by atoms with Crippen molar-refractivity contribution in [1.82, 2.24) is 0 Å². The Hall–Kier alpha value is -0.360. The van der Waals surface area contributed by atoms with Gasteiger partial charge in [0.05, 0.1) is 0 Å². The molecule has 1 aromatic carbocycles. The Morgan fingerprint density at radius 2 is 2.20 bits per heavy atom. The third kappa shape index (κ3) is 4.34. The first-order chi connectivity index (χ1) is 7.13. The van der Waals surface area contributed by atoms with E-state index in [1.807, 2.05) is 12.1 Å². The van der Waals surface area contributed by atoms with Crippen LogP contribution in [0.1, 0.15) is 12.5 Å². The predicted octanol–water partition coefficient (Wildman–Crippen LogP) is 4.39. The maximum absolute atomic E-state index is 8.45. The minimum Gasteiger partial charge on any atom is -0.185 e. The van der Waals surface area contributed by atoms with Crippen LogP contribution in [0.3, 0.4) is 0 Å². The van der Waals surface area contributed by atoms with Crippen molar-refractivity contribution in [2.75, 3.05) is 5.75 Å². The highest BCUT2D eigenvalue weighted by Crippen LogP contribution is 2.24. The molecule has 0 saturated heterocycles. The van der Waals surface area contributed by atoms with Gasteiger partial charge in [-0.05, 0) is 47.9 Å². The van der Waals surface area contributed by atoms with E-state index in [9.17, 15) is 0 Å². The average molecular weight is 260 g/mol. The number of benzene rings is 1. The summed E-state index contributed by atoms with van der Waals surface area (Å²) >= 11 is 13.2. The van der Waals surface area contributed by atoms with Crippen LogP contribution in [0.2, 0.25) is 10.0 Å². The monoisotopic (exact) mass is 259 g/mol. The molecule has 0 aliphatic rings. The Bertz CT molecular complexity index is 373. The zero-order valence-electron chi connectivity index (χ0n) is 8.34. The molecule has 1 atom stereocenters. The Balaban J connectivity index is 2.64. The third-order valence-electron chi connectivity index (χ3n) is 2.01. The van der Waals surface area contributed by atoms with Gasteiger partial charge in [-0.1, -0.05) is 30.1 Å². The van der Waals surface area contributed by atoms with Gasteiger partial charge in [0, 0.05) is 15.8 Å². The summed E-state index contributed by atoms with van der Waals surface area (Å²) in [6.07, 6.45) is 0.855. The highest BCUT2D eigenvalue weighted by atomic mass is 35.5. The fraction of sp³-hybridized carbons (Fsp3) is 0.364. The van der Waals surface area contributed by atoms with E-state index in [4.69, 9.17) is 28.5 Å². The van der Waals surface area contributed by atoms with Crippen molar-refractivity contribution in [3.63, 3.8) is 0 Å². The molecule has 0 radical (unpaired) electrons. The van der Waals surface area contributed by atoms with Gasteiger partial charge in [0.25, 0.3) is 0 Å². The van der Waals surface area contributed by atoms with Crippen molar-refractivity contribution in [3.8, 4) is 5.40 Å². The molecule has 0 aromatic heterocycles. The average Bonchev–Trinajstić information content (AvgIpc) is 2.20. The van der Waals surface area contributed by atoms with E-state index in [1.54, 1.807) is 6.07 Å². The molecular formula is C11H11Cl2NS. The summed E-state index contributed by atoms with van der Waals surface area (Å²) in [6.45, 7) is 2.10. The number of halogens is 2. The van der Waals surface area contributed by atoms with Crippen molar-refractivity contribution in [2.24, 2.45) is 5.92 Å². The molecule has 0 N–H and O–H groups in total. The first-order valence-corrected chi connectivity index (χ1v) is 6.32. The highest BCUT2D eigenvalue weighted by Gasteiger charge is 2.07. The molecule has 0 fully saturated rings. The van der Waals surface area contributed by atoms with Crippen LogP contribution in [0.4, 0.5) is 0 Å². The first kappa shape index (κ1) is 12.7. The Morgan fingerprint density at radius 3 is 2.87 bits per heavy atom. The second-order valence-corrected chi connectivity index (χ2v) is 5.10. The van der Waals surface area contributed by atoms with Gasteiger partial charge in [0.2, 0.25) is 0 Å². The van der Waals surface area contributed by atoms with Gasteiger partial charge < -0.3 is 0 Å². The normalized spacial score (nSPS) is 12.1. The molecule has 0 amide bonds. The molecule has 1 nitrogen and oxygen atoms in total. The number of rotatable bonds is 4. The fourth-order valence-corrected chi connectivity index (χ4v) is 2.18. The van der Waals surface area contributed by atoms with Gasteiger partial charge in [0.15, 0.2) is 0 Å². The standard InChI is InChI=1S/C11H11Cl2NS/c1-8(6-15-7-14)4-9-5-10(12)2-3-11(9)13/h2-3,5,8H,4,6H2,1H3. The van der Waals surface area contributed by atoms with Crippen LogP contribution >= 0.6 is 35.0 Å². The zero-order chi connectivity index (χ0) is 11.3. The molecule has 1 unspecified atom stereocenters. The number of nitrogens with zero attached hydrogens (tertiary/aromatic N) is 1. The minimum absolute atomic E-state index is 0.422. The van der Waals surface area contributed by atoms with Crippen molar-refractivity contribution < 1.29 is 0 Å². The lowest BCUT2D eigenvalue weighted by Crippen LogP contribution is -2.02. The summed E-state index contributed by atoms with van der Waals surface area (Å²) in [7, 11) is 0. The second kappa shape index (κ2) is 6.27. The molecule has 0 aliphatic carbocycles. The number of hydrogen-bond acceptors (Lipinski definition) is 2. The van der Waals surface area contributed by atoms with Crippen LogP contribution in [-0.2, 0) is 6.42 Å². The van der Waals surface area contributed by atoms with Gasteiger partial charge in [-0.2, -0.15) is 5.26 Å². The van der Waals surface area contributed by atoms with Crippen LogP contribution in [-0.4, -0.2) is 5.75 Å². The van der Waals surface area contributed by atoms with Crippen LogP contribution in [0.25, 0.3) is 0 Å². The van der Waals surface area contributed by atoms with Crippen LogP contribution in [0, 0.1) is 16.6 Å². The lowest BCUT2D eigenvalue weighted by molar-refractivity contribution is 0.660. The second-order valence-electron chi connectivity index (χ2n) is 3.45. The van der Waals surface area contributed by atoms with Crippen molar-refractivity contribution in [1.29, 1.82) is 5.26 Å². The van der Waals surface area contributed by atoms with Gasteiger partial charge >= 0.3 is 0 Å².